The predicted molar refractivity (Wildman–Crippen MR) is 68.5 cm³/mol. The molecular weight excluding hydrogens is 240 g/mol. The Morgan fingerprint density at radius 1 is 1.12 bits per heavy atom. The van der Waals surface area contributed by atoms with Crippen LogP contribution in [0.25, 0.3) is 0 Å². The zero-order valence-corrected chi connectivity index (χ0v) is 11.3. The van der Waals surface area contributed by atoms with Crippen molar-refractivity contribution in [2.45, 2.75) is 17.1 Å². The Morgan fingerprint density at radius 2 is 1.65 bits per heavy atom. The lowest BCUT2D eigenvalue weighted by molar-refractivity contribution is 0.300. The van der Waals surface area contributed by atoms with Gasteiger partial charge in [0.05, 0.1) is 27.9 Å². The Bertz CT molecular complexity index is 343. The van der Waals surface area contributed by atoms with E-state index in [0.717, 1.165) is 4.90 Å². The molecule has 0 aliphatic rings. The average Bonchev–Trinajstić information content (AvgIpc) is 2.37. The van der Waals surface area contributed by atoms with Crippen LogP contribution < -0.4 is 14.2 Å². The van der Waals surface area contributed by atoms with Gasteiger partial charge in [-0.1, -0.05) is 6.92 Å². The van der Waals surface area contributed by atoms with E-state index < -0.39 is 0 Å². The van der Waals surface area contributed by atoms with E-state index in [1.54, 1.807) is 33.1 Å². The van der Waals surface area contributed by atoms with E-state index in [1.165, 1.54) is 0 Å². The zero-order valence-electron chi connectivity index (χ0n) is 10.5. The van der Waals surface area contributed by atoms with Gasteiger partial charge in [-0.15, -0.1) is 11.8 Å². The highest BCUT2D eigenvalue weighted by atomic mass is 32.2. The summed E-state index contributed by atoms with van der Waals surface area (Å²) in [5.74, 6) is 1.83. The van der Waals surface area contributed by atoms with Crippen LogP contribution >= 0.6 is 11.8 Å². The fraction of sp³-hybridized carbons (Fsp3) is 0.500. The highest BCUT2D eigenvalue weighted by molar-refractivity contribution is 8.00. The third-order valence-corrected chi connectivity index (χ3v) is 3.29. The maximum Gasteiger partial charge on any atom is 0.203 e. The van der Waals surface area contributed by atoms with Gasteiger partial charge in [-0.25, -0.2) is 0 Å². The van der Waals surface area contributed by atoms with Crippen molar-refractivity contribution in [3.05, 3.63) is 12.1 Å². The van der Waals surface area contributed by atoms with Crippen molar-refractivity contribution in [1.82, 2.24) is 0 Å². The van der Waals surface area contributed by atoms with Crippen LogP contribution in [0.15, 0.2) is 17.0 Å². The Hall–Kier alpha value is -1.07. The molecule has 0 saturated heterocycles. The smallest absolute Gasteiger partial charge is 0.203 e. The van der Waals surface area contributed by atoms with Crippen molar-refractivity contribution < 1.29 is 19.3 Å². The fourth-order valence-electron chi connectivity index (χ4n) is 1.39. The van der Waals surface area contributed by atoms with Crippen molar-refractivity contribution in [1.29, 1.82) is 0 Å². The normalized spacial score (nSPS) is 12.1. The van der Waals surface area contributed by atoms with E-state index in [4.69, 9.17) is 19.3 Å². The number of thioether (sulfide) groups is 1. The SMILES string of the molecule is COc1cc(SC(C)CO)cc(OC)c1OC. The van der Waals surface area contributed by atoms with E-state index in [0.29, 0.717) is 17.2 Å². The van der Waals surface area contributed by atoms with Crippen molar-refractivity contribution in [3.8, 4) is 17.2 Å². The number of hydrogen-bond acceptors (Lipinski definition) is 5. The first-order valence-corrected chi connectivity index (χ1v) is 6.11. The zero-order chi connectivity index (χ0) is 12.8. The molecule has 0 aliphatic heterocycles. The minimum absolute atomic E-state index is 0.123. The number of aliphatic hydroxyl groups excluding tert-OH is 1. The topological polar surface area (TPSA) is 47.9 Å². The molecule has 0 amide bonds. The minimum Gasteiger partial charge on any atom is -0.493 e. The lowest BCUT2D eigenvalue weighted by Crippen LogP contribution is -2.02. The third kappa shape index (κ3) is 3.44. The standard InChI is InChI=1S/C12H18O4S/c1-8(7-13)17-9-5-10(14-2)12(16-4)11(6-9)15-3/h5-6,8,13H,7H2,1-4H3. The van der Waals surface area contributed by atoms with Crippen LogP contribution in [0, 0.1) is 0 Å². The van der Waals surface area contributed by atoms with Gasteiger partial charge in [0.1, 0.15) is 0 Å². The van der Waals surface area contributed by atoms with Gasteiger partial charge >= 0.3 is 0 Å². The number of aliphatic hydroxyl groups is 1. The number of ether oxygens (including phenoxy) is 3. The molecular formula is C12H18O4S. The molecule has 0 bridgehead atoms. The summed E-state index contributed by atoms with van der Waals surface area (Å²) in [7, 11) is 4.74. The van der Waals surface area contributed by atoms with E-state index >= 15 is 0 Å². The lowest BCUT2D eigenvalue weighted by Gasteiger charge is -2.15. The highest BCUT2D eigenvalue weighted by Crippen LogP contribution is 2.41. The van der Waals surface area contributed by atoms with Gasteiger partial charge < -0.3 is 19.3 Å². The number of methoxy groups -OCH3 is 3. The lowest BCUT2D eigenvalue weighted by atomic mass is 10.3. The van der Waals surface area contributed by atoms with Crippen LogP contribution in [-0.4, -0.2) is 38.3 Å². The average molecular weight is 258 g/mol. The molecule has 0 radical (unpaired) electrons. The second-order valence-electron chi connectivity index (χ2n) is 3.47. The molecule has 0 spiro atoms. The highest BCUT2D eigenvalue weighted by Gasteiger charge is 2.14. The molecule has 1 unspecified atom stereocenters. The van der Waals surface area contributed by atoms with Gasteiger partial charge in [0.25, 0.3) is 0 Å². The van der Waals surface area contributed by atoms with E-state index in [1.807, 2.05) is 19.1 Å². The van der Waals surface area contributed by atoms with Crippen molar-refractivity contribution in [3.63, 3.8) is 0 Å². The van der Waals surface area contributed by atoms with Gasteiger partial charge in [0.15, 0.2) is 11.5 Å². The van der Waals surface area contributed by atoms with E-state index in [9.17, 15) is 0 Å². The quantitative estimate of drug-likeness (QED) is 0.793. The Balaban J connectivity index is 3.08. The van der Waals surface area contributed by atoms with Crippen LogP contribution in [0.4, 0.5) is 0 Å². The molecule has 1 aromatic rings. The molecule has 17 heavy (non-hydrogen) atoms. The molecule has 1 rings (SSSR count). The number of hydrogen-bond donors (Lipinski definition) is 1. The van der Waals surface area contributed by atoms with Crippen LogP contribution in [0.3, 0.4) is 0 Å². The molecule has 4 nitrogen and oxygen atoms in total. The number of benzene rings is 1. The van der Waals surface area contributed by atoms with Gasteiger partial charge in [-0.05, 0) is 12.1 Å². The molecule has 0 aromatic heterocycles. The van der Waals surface area contributed by atoms with Crippen LogP contribution in [-0.2, 0) is 0 Å². The molecule has 96 valence electrons. The predicted octanol–water partition coefficient (Wildman–Crippen LogP) is 2.19. The minimum atomic E-state index is 0.123. The second kappa shape index (κ2) is 6.61. The van der Waals surface area contributed by atoms with Gasteiger partial charge in [-0.2, -0.15) is 0 Å². The maximum absolute atomic E-state index is 9.04. The largest absolute Gasteiger partial charge is 0.493 e. The van der Waals surface area contributed by atoms with Crippen molar-refractivity contribution in [2.24, 2.45) is 0 Å². The second-order valence-corrected chi connectivity index (χ2v) is 4.98. The first-order chi connectivity index (χ1) is 8.15. The molecule has 0 heterocycles. The molecule has 0 fully saturated rings. The summed E-state index contributed by atoms with van der Waals surface area (Å²) in [6, 6.07) is 3.75. The summed E-state index contributed by atoms with van der Waals surface area (Å²) in [4.78, 5) is 0.973. The summed E-state index contributed by atoms with van der Waals surface area (Å²) in [5.41, 5.74) is 0. The monoisotopic (exact) mass is 258 g/mol. The molecule has 5 heteroatoms. The fourth-order valence-corrected chi connectivity index (χ4v) is 2.28. The van der Waals surface area contributed by atoms with E-state index in [-0.39, 0.29) is 11.9 Å². The number of rotatable bonds is 6. The van der Waals surface area contributed by atoms with E-state index in [2.05, 4.69) is 0 Å². The van der Waals surface area contributed by atoms with Crippen LogP contribution in [0.5, 0.6) is 17.2 Å². The van der Waals surface area contributed by atoms with Gasteiger partial charge in [0, 0.05) is 10.1 Å². The summed E-state index contributed by atoms with van der Waals surface area (Å²) < 4.78 is 15.7. The summed E-state index contributed by atoms with van der Waals surface area (Å²) in [5, 5.41) is 9.16. The molecule has 1 atom stereocenters. The van der Waals surface area contributed by atoms with Gasteiger partial charge in [0.2, 0.25) is 5.75 Å². The van der Waals surface area contributed by atoms with Gasteiger partial charge in [-0.3, -0.25) is 0 Å². The Labute approximate surface area is 106 Å². The van der Waals surface area contributed by atoms with Crippen LogP contribution in [0.2, 0.25) is 0 Å². The molecule has 1 aromatic carbocycles. The molecule has 0 saturated carbocycles. The summed E-state index contributed by atoms with van der Waals surface area (Å²) in [6.45, 7) is 2.08. The Morgan fingerprint density at radius 3 is 2.00 bits per heavy atom. The third-order valence-electron chi connectivity index (χ3n) is 2.23. The summed E-state index contributed by atoms with van der Waals surface area (Å²) in [6.07, 6.45) is 0. The molecule has 1 N–H and O–H groups in total. The van der Waals surface area contributed by atoms with Crippen molar-refractivity contribution >= 4 is 11.8 Å². The first-order valence-electron chi connectivity index (χ1n) is 5.23. The molecule has 0 aliphatic carbocycles. The van der Waals surface area contributed by atoms with Crippen molar-refractivity contribution in [2.75, 3.05) is 27.9 Å². The maximum atomic E-state index is 9.04. The Kier molecular flexibility index (Phi) is 5.44. The summed E-state index contributed by atoms with van der Waals surface area (Å²) >= 11 is 1.56. The van der Waals surface area contributed by atoms with Crippen LogP contribution in [0.1, 0.15) is 6.92 Å². The first kappa shape index (κ1) is 14.0.